The van der Waals surface area contributed by atoms with Crippen molar-refractivity contribution in [1.82, 2.24) is 10.6 Å². The highest BCUT2D eigenvalue weighted by molar-refractivity contribution is 5.86. The van der Waals surface area contributed by atoms with Crippen LogP contribution in [0.5, 0.6) is 0 Å². The number of nitrogens with one attached hydrogen (secondary N) is 2. The van der Waals surface area contributed by atoms with Gasteiger partial charge in [-0.15, -0.1) is 0 Å². The summed E-state index contributed by atoms with van der Waals surface area (Å²) < 4.78 is 4.99. The zero-order valence-electron chi connectivity index (χ0n) is 14.9. The van der Waals surface area contributed by atoms with Crippen LogP contribution in [-0.4, -0.2) is 41.7 Å². The van der Waals surface area contributed by atoms with Crippen molar-refractivity contribution in [2.24, 2.45) is 5.73 Å². The van der Waals surface area contributed by atoms with E-state index in [0.717, 1.165) is 5.56 Å². The van der Waals surface area contributed by atoms with Gasteiger partial charge in [0.15, 0.2) is 0 Å². The fraction of sp³-hybridized carbons (Fsp3) is 0.444. The monoisotopic (exact) mass is 376 g/mol. The second-order valence-corrected chi connectivity index (χ2v) is 5.87. The number of carbonyl (C=O) groups is 3. The third-order valence-electron chi connectivity index (χ3n) is 3.58. The maximum Gasteiger partial charge on any atom is 0.407 e. The maximum atomic E-state index is 11.9. The van der Waals surface area contributed by atoms with Gasteiger partial charge in [0.25, 0.3) is 0 Å². The molecule has 0 saturated carbocycles. The molecule has 5 N–H and O–H groups in total. The van der Waals surface area contributed by atoms with Crippen LogP contribution >= 0.6 is 0 Å². The number of nitrogens with zero attached hydrogens (tertiary/aromatic N) is 1. The molecule has 0 spiro atoms. The first-order chi connectivity index (χ1) is 12.9. The van der Waals surface area contributed by atoms with Crippen molar-refractivity contribution in [3.63, 3.8) is 0 Å². The average Bonchev–Trinajstić information content (AvgIpc) is 2.64. The Kier molecular flexibility index (Phi) is 9.96. The summed E-state index contributed by atoms with van der Waals surface area (Å²) in [4.78, 5) is 34.8. The molecule has 2 atom stereocenters. The topological polar surface area (TPSA) is 155 Å². The number of aliphatic hydroxyl groups excluding tert-OH is 1. The van der Waals surface area contributed by atoms with Crippen molar-refractivity contribution in [3.8, 4) is 6.07 Å². The molecular weight excluding hydrogens is 352 g/mol. The number of aliphatic hydroxyl groups is 1. The number of nitrogens with two attached hydrogens (primary N) is 1. The molecule has 0 heterocycles. The van der Waals surface area contributed by atoms with Crippen molar-refractivity contribution < 1.29 is 24.2 Å². The van der Waals surface area contributed by atoms with Crippen LogP contribution < -0.4 is 16.4 Å². The molecule has 0 radical (unpaired) electrons. The van der Waals surface area contributed by atoms with E-state index >= 15 is 0 Å². The summed E-state index contributed by atoms with van der Waals surface area (Å²) in [7, 11) is 0. The van der Waals surface area contributed by atoms with Gasteiger partial charge in [-0.1, -0.05) is 30.3 Å². The molecule has 146 valence electrons. The summed E-state index contributed by atoms with van der Waals surface area (Å²) >= 11 is 0. The molecular formula is C18H24N4O5. The van der Waals surface area contributed by atoms with Gasteiger partial charge in [-0.05, 0) is 18.4 Å². The van der Waals surface area contributed by atoms with Crippen LogP contribution in [0.15, 0.2) is 30.3 Å². The van der Waals surface area contributed by atoms with Gasteiger partial charge in [-0.2, -0.15) is 5.26 Å². The van der Waals surface area contributed by atoms with E-state index in [0.29, 0.717) is 6.42 Å². The first-order valence-corrected chi connectivity index (χ1v) is 8.50. The zero-order chi connectivity index (χ0) is 20.1. The standard InChI is InChI=1S/C18H24N4O5/c19-9-5-4-8-15(17(20)25)22-16(24)10-14(23)11-21-18(26)27-12-13-6-2-1-3-7-13/h1-3,6-7,14-15,23H,4-5,8,10-12H2,(H2,20,25)(H,21,26)(H,22,24)/t14-,15-/m0/s1. The lowest BCUT2D eigenvalue weighted by Crippen LogP contribution is -2.46. The van der Waals surface area contributed by atoms with E-state index in [1.165, 1.54) is 0 Å². The lowest BCUT2D eigenvalue weighted by atomic mass is 10.1. The van der Waals surface area contributed by atoms with Crippen LogP contribution in [0.1, 0.15) is 31.2 Å². The van der Waals surface area contributed by atoms with Gasteiger partial charge < -0.3 is 26.2 Å². The molecule has 0 fully saturated rings. The fourth-order valence-corrected chi connectivity index (χ4v) is 2.19. The average molecular weight is 376 g/mol. The minimum atomic E-state index is -1.15. The Bertz CT molecular complexity index is 659. The molecule has 0 bridgehead atoms. The molecule has 3 amide bonds. The van der Waals surface area contributed by atoms with Crippen LogP contribution in [-0.2, 0) is 20.9 Å². The fourth-order valence-electron chi connectivity index (χ4n) is 2.19. The minimum absolute atomic E-state index is 0.0895. The van der Waals surface area contributed by atoms with E-state index in [4.69, 9.17) is 15.7 Å². The van der Waals surface area contributed by atoms with Crippen molar-refractivity contribution >= 4 is 17.9 Å². The number of alkyl carbamates (subject to hydrolysis) is 1. The van der Waals surface area contributed by atoms with Crippen LogP contribution in [0.25, 0.3) is 0 Å². The predicted molar refractivity (Wildman–Crippen MR) is 95.8 cm³/mol. The molecule has 0 aliphatic heterocycles. The smallest absolute Gasteiger partial charge is 0.407 e. The number of amides is 3. The summed E-state index contributed by atoms with van der Waals surface area (Å²) in [5.41, 5.74) is 6.03. The highest BCUT2D eigenvalue weighted by atomic mass is 16.5. The Morgan fingerprint density at radius 3 is 2.59 bits per heavy atom. The number of unbranched alkanes of at least 4 members (excludes halogenated alkanes) is 1. The summed E-state index contributed by atoms with van der Waals surface area (Å²) in [5, 5.41) is 23.1. The van der Waals surface area contributed by atoms with E-state index in [-0.39, 0.29) is 32.4 Å². The van der Waals surface area contributed by atoms with Crippen LogP contribution in [0.4, 0.5) is 4.79 Å². The summed E-state index contributed by atoms with van der Waals surface area (Å²) in [6.45, 7) is -0.0943. The van der Waals surface area contributed by atoms with Crippen molar-refractivity contribution in [2.75, 3.05) is 6.54 Å². The summed E-state index contributed by atoms with van der Waals surface area (Å²) in [6, 6.07) is 10.1. The molecule has 0 saturated heterocycles. The van der Waals surface area contributed by atoms with Crippen LogP contribution in [0.3, 0.4) is 0 Å². The van der Waals surface area contributed by atoms with Gasteiger partial charge in [-0.25, -0.2) is 4.79 Å². The lowest BCUT2D eigenvalue weighted by molar-refractivity contribution is -0.128. The number of ether oxygens (including phenoxy) is 1. The van der Waals surface area contributed by atoms with E-state index in [2.05, 4.69) is 10.6 Å². The van der Waals surface area contributed by atoms with Gasteiger partial charge in [-0.3, -0.25) is 9.59 Å². The first-order valence-electron chi connectivity index (χ1n) is 8.50. The quantitative estimate of drug-likeness (QED) is 0.408. The van der Waals surface area contributed by atoms with Crippen molar-refractivity contribution in [3.05, 3.63) is 35.9 Å². The third-order valence-corrected chi connectivity index (χ3v) is 3.58. The van der Waals surface area contributed by atoms with Crippen molar-refractivity contribution in [1.29, 1.82) is 5.26 Å². The van der Waals surface area contributed by atoms with Gasteiger partial charge in [0.2, 0.25) is 11.8 Å². The largest absolute Gasteiger partial charge is 0.445 e. The molecule has 0 aromatic heterocycles. The number of nitriles is 1. The molecule has 27 heavy (non-hydrogen) atoms. The Hall–Kier alpha value is -3.12. The van der Waals surface area contributed by atoms with E-state index in [1.54, 1.807) is 12.1 Å². The van der Waals surface area contributed by atoms with Crippen LogP contribution in [0.2, 0.25) is 0 Å². The van der Waals surface area contributed by atoms with E-state index < -0.39 is 30.1 Å². The second kappa shape index (κ2) is 12.3. The van der Waals surface area contributed by atoms with E-state index in [9.17, 15) is 19.5 Å². The normalized spacial score (nSPS) is 12.3. The molecule has 1 aromatic rings. The molecule has 0 unspecified atom stereocenters. The summed E-state index contributed by atoms with van der Waals surface area (Å²) in [6.07, 6.45) is -1.28. The number of primary amides is 1. The molecule has 9 heteroatoms. The zero-order valence-corrected chi connectivity index (χ0v) is 14.9. The third kappa shape index (κ3) is 9.81. The maximum absolute atomic E-state index is 11.9. The number of benzene rings is 1. The van der Waals surface area contributed by atoms with Gasteiger partial charge >= 0.3 is 6.09 Å². The predicted octanol–water partition coefficient (Wildman–Crippen LogP) is 0.328. The number of rotatable bonds is 11. The molecule has 0 aliphatic carbocycles. The Labute approximate surface area is 157 Å². The molecule has 0 aliphatic rings. The lowest BCUT2D eigenvalue weighted by Gasteiger charge is -2.17. The van der Waals surface area contributed by atoms with Gasteiger partial charge in [0.1, 0.15) is 12.6 Å². The highest BCUT2D eigenvalue weighted by Gasteiger charge is 2.20. The van der Waals surface area contributed by atoms with Crippen molar-refractivity contribution in [2.45, 2.75) is 44.4 Å². The van der Waals surface area contributed by atoms with Gasteiger partial charge in [0, 0.05) is 13.0 Å². The first kappa shape index (κ1) is 21.9. The van der Waals surface area contributed by atoms with E-state index in [1.807, 2.05) is 24.3 Å². The molecule has 1 rings (SSSR count). The Morgan fingerprint density at radius 2 is 1.96 bits per heavy atom. The number of hydrogen-bond acceptors (Lipinski definition) is 6. The summed E-state index contributed by atoms with van der Waals surface area (Å²) in [5.74, 6) is -1.29. The molecule has 9 nitrogen and oxygen atoms in total. The Balaban J connectivity index is 2.28. The number of carbonyl (C=O) groups excluding carboxylic acids is 3. The SMILES string of the molecule is N#CCCC[C@H](NC(=O)C[C@H](O)CNC(=O)OCc1ccccc1)C(N)=O. The van der Waals surface area contributed by atoms with Gasteiger partial charge in [0.05, 0.1) is 18.6 Å². The Morgan fingerprint density at radius 1 is 1.26 bits per heavy atom. The molecule has 1 aromatic carbocycles. The van der Waals surface area contributed by atoms with Crippen LogP contribution in [0, 0.1) is 11.3 Å². The highest BCUT2D eigenvalue weighted by Crippen LogP contribution is 2.02. The minimum Gasteiger partial charge on any atom is -0.445 e. The number of hydrogen-bond donors (Lipinski definition) is 4. The second-order valence-electron chi connectivity index (χ2n) is 5.87.